The Morgan fingerprint density at radius 2 is 2.00 bits per heavy atom. The van der Waals surface area contributed by atoms with Gasteiger partial charge in [-0.1, -0.05) is 12.8 Å². The Morgan fingerprint density at radius 3 is 2.80 bits per heavy atom. The lowest BCUT2D eigenvalue weighted by molar-refractivity contribution is 0.231. The molecule has 1 aromatic heterocycles. The molecule has 0 aromatic carbocycles. The number of fused-ring (bicyclic) bond motifs is 1. The van der Waals surface area contributed by atoms with Gasteiger partial charge in [-0.05, 0) is 57.0 Å². The van der Waals surface area contributed by atoms with E-state index in [-0.39, 0.29) is 6.10 Å². The smallest absolute Gasteiger partial charge is 0.198 e. The lowest BCUT2D eigenvalue weighted by atomic mass is 9.78. The van der Waals surface area contributed by atoms with Gasteiger partial charge in [-0.15, -0.1) is 0 Å². The largest absolute Gasteiger partial charge is 0.484 e. The van der Waals surface area contributed by atoms with Gasteiger partial charge in [0.25, 0.3) is 0 Å². The van der Waals surface area contributed by atoms with Crippen molar-refractivity contribution in [2.45, 2.75) is 64.5 Å². The zero-order valence-corrected chi connectivity index (χ0v) is 13.3. The van der Waals surface area contributed by atoms with Crippen LogP contribution in [0.15, 0.2) is 0 Å². The van der Waals surface area contributed by atoms with Crippen molar-refractivity contribution < 1.29 is 4.74 Å². The molecule has 2 atom stereocenters. The maximum atomic E-state index is 6.01. The van der Waals surface area contributed by atoms with Crippen LogP contribution in [0, 0.1) is 5.92 Å². The molecular formula is C15H25N3OS. The zero-order valence-electron chi connectivity index (χ0n) is 12.5. The van der Waals surface area contributed by atoms with Gasteiger partial charge < -0.3 is 15.4 Å². The van der Waals surface area contributed by atoms with Gasteiger partial charge in [0.15, 0.2) is 16.6 Å². The van der Waals surface area contributed by atoms with Crippen molar-refractivity contribution in [3.63, 3.8) is 0 Å². The molecule has 1 aliphatic carbocycles. The predicted octanol–water partition coefficient (Wildman–Crippen LogP) is 3.67. The Morgan fingerprint density at radius 1 is 1.25 bits per heavy atom. The van der Waals surface area contributed by atoms with Gasteiger partial charge >= 0.3 is 0 Å². The van der Waals surface area contributed by atoms with Gasteiger partial charge in [-0.25, -0.2) is 0 Å². The van der Waals surface area contributed by atoms with E-state index in [9.17, 15) is 0 Å². The quantitative estimate of drug-likeness (QED) is 0.924. The Kier molecular flexibility index (Phi) is 4.06. The first kappa shape index (κ1) is 14.0. The van der Waals surface area contributed by atoms with Crippen LogP contribution in [-0.2, 0) is 0 Å². The van der Waals surface area contributed by atoms with E-state index in [0.717, 1.165) is 23.2 Å². The molecule has 3 rings (SSSR count). The van der Waals surface area contributed by atoms with Crippen LogP contribution >= 0.6 is 11.5 Å². The lowest BCUT2D eigenvalue weighted by Crippen LogP contribution is -2.46. The normalized spacial score (nSPS) is 26.6. The van der Waals surface area contributed by atoms with E-state index in [2.05, 4.69) is 9.27 Å². The minimum absolute atomic E-state index is 0.138. The van der Waals surface area contributed by atoms with Crippen molar-refractivity contribution in [1.29, 1.82) is 0 Å². The van der Waals surface area contributed by atoms with Gasteiger partial charge in [0.2, 0.25) is 0 Å². The number of piperidine rings is 1. The number of nitrogens with zero attached hydrogens (tertiary/aromatic N) is 2. The van der Waals surface area contributed by atoms with E-state index in [1.807, 2.05) is 13.8 Å². The summed E-state index contributed by atoms with van der Waals surface area (Å²) in [5.74, 6) is 2.22. The van der Waals surface area contributed by atoms with Crippen LogP contribution in [-0.4, -0.2) is 23.1 Å². The summed E-state index contributed by atoms with van der Waals surface area (Å²) in [5.41, 5.74) is 6.01. The molecule has 1 aliphatic heterocycles. The summed E-state index contributed by atoms with van der Waals surface area (Å²) in [6, 6.07) is 0.673. The molecule has 4 nitrogen and oxygen atoms in total. The summed E-state index contributed by atoms with van der Waals surface area (Å²) in [6.07, 6.45) is 8.25. The van der Waals surface area contributed by atoms with Gasteiger partial charge in [0.1, 0.15) is 0 Å². The molecule has 2 N–H and O–H groups in total. The number of hydrogen-bond acceptors (Lipinski definition) is 5. The van der Waals surface area contributed by atoms with Gasteiger partial charge in [0, 0.05) is 12.6 Å². The monoisotopic (exact) mass is 295 g/mol. The molecule has 0 amide bonds. The molecule has 2 aliphatic rings. The number of ether oxygens (including phenoxy) is 1. The summed E-state index contributed by atoms with van der Waals surface area (Å²) in [6.45, 7) is 5.21. The fourth-order valence-electron chi connectivity index (χ4n) is 3.69. The number of anilines is 2. The third kappa shape index (κ3) is 2.60. The lowest BCUT2D eigenvalue weighted by Gasteiger charge is -2.44. The Bertz CT molecular complexity index is 458. The molecular weight excluding hydrogens is 270 g/mol. The Balaban J connectivity index is 1.87. The Hall–Kier alpha value is -0.970. The van der Waals surface area contributed by atoms with Gasteiger partial charge in [-0.2, -0.15) is 4.37 Å². The van der Waals surface area contributed by atoms with Crippen molar-refractivity contribution in [2.75, 3.05) is 17.2 Å². The van der Waals surface area contributed by atoms with Crippen molar-refractivity contribution in [3.8, 4) is 5.75 Å². The summed E-state index contributed by atoms with van der Waals surface area (Å²) in [7, 11) is 0. The highest BCUT2D eigenvalue weighted by Crippen LogP contribution is 2.45. The van der Waals surface area contributed by atoms with Gasteiger partial charge in [0.05, 0.1) is 6.10 Å². The fraction of sp³-hybridized carbons (Fsp3) is 0.800. The number of aromatic nitrogens is 1. The molecule has 2 heterocycles. The molecule has 5 heteroatoms. The van der Waals surface area contributed by atoms with Crippen molar-refractivity contribution in [1.82, 2.24) is 4.37 Å². The third-order valence-corrected chi connectivity index (χ3v) is 5.40. The van der Waals surface area contributed by atoms with Gasteiger partial charge in [-0.3, -0.25) is 0 Å². The number of nitrogens with two attached hydrogens (primary N) is 1. The Labute approximate surface area is 125 Å². The summed E-state index contributed by atoms with van der Waals surface area (Å²) in [5, 5.41) is 1.16. The molecule has 2 fully saturated rings. The van der Waals surface area contributed by atoms with Crippen molar-refractivity contribution >= 4 is 22.4 Å². The minimum atomic E-state index is 0.138. The summed E-state index contributed by atoms with van der Waals surface area (Å²) >= 11 is 1.51. The second-order valence-electron chi connectivity index (χ2n) is 6.32. The first-order valence-corrected chi connectivity index (χ1v) is 8.62. The summed E-state index contributed by atoms with van der Waals surface area (Å²) in [4.78, 5) is 2.54. The molecule has 1 aromatic rings. The predicted molar refractivity (Wildman–Crippen MR) is 84.6 cm³/mol. The van der Waals surface area contributed by atoms with E-state index in [4.69, 9.17) is 10.5 Å². The summed E-state index contributed by atoms with van der Waals surface area (Å²) < 4.78 is 10.3. The number of hydrogen-bond donors (Lipinski definition) is 1. The van der Waals surface area contributed by atoms with E-state index < -0.39 is 0 Å². The van der Waals surface area contributed by atoms with Crippen LogP contribution < -0.4 is 15.4 Å². The standard InChI is InChI=1S/C15H25N3OS/c1-10(2)19-13-14(16)17-20-15(13)18-9-5-7-11-6-3-4-8-12(11)18/h10-12H,3-9H2,1-2H3,(H2,16,17)/t11-,12-/m1/s1. The minimum Gasteiger partial charge on any atom is -0.484 e. The molecule has 1 saturated carbocycles. The third-order valence-electron chi connectivity index (χ3n) is 4.51. The fourth-order valence-corrected chi connectivity index (χ4v) is 4.53. The first-order chi connectivity index (χ1) is 9.66. The first-order valence-electron chi connectivity index (χ1n) is 7.85. The highest BCUT2D eigenvalue weighted by molar-refractivity contribution is 7.11. The molecule has 112 valence electrons. The van der Waals surface area contributed by atoms with E-state index in [1.54, 1.807) is 0 Å². The van der Waals surface area contributed by atoms with Crippen molar-refractivity contribution in [3.05, 3.63) is 0 Å². The van der Waals surface area contributed by atoms with Crippen LogP contribution in [0.1, 0.15) is 52.4 Å². The van der Waals surface area contributed by atoms with Crippen LogP contribution in [0.5, 0.6) is 5.75 Å². The van der Waals surface area contributed by atoms with E-state index >= 15 is 0 Å². The van der Waals surface area contributed by atoms with Crippen LogP contribution in [0.3, 0.4) is 0 Å². The molecule has 20 heavy (non-hydrogen) atoms. The number of rotatable bonds is 3. The highest BCUT2D eigenvalue weighted by atomic mass is 32.1. The second kappa shape index (κ2) is 5.80. The highest BCUT2D eigenvalue weighted by Gasteiger charge is 2.36. The van der Waals surface area contributed by atoms with Crippen molar-refractivity contribution in [2.24, 2.45) is 5.92 Å². The van der Waals surface area contributed by atoms with Crippen LogP contribution in [0.25, 0.3) is 0 Å². The second-order valence-corrected chi connectivity index (χ2v) is 7.07. The molecule has 0 unspecified atom stereocenters. The molecule has 1 saturated heterocycles. The molecule has 0 spiro atoms. The number of nitrogen functional groups attached to an aromatic ring is 1. The average molecular weight is 295 g/mol. The maximum absolute atomic E-state index is 6.01. The van der Waals surface area contributed by atoms with E-state index in [1.165, 1.54) is 50.1 Å². The topological polar surface area (TPSA) is 51.4 Å². The molecule has 0 bridgehead atoms. The van der Waals surface area contributed by atoms with Crippen LogP contribution in [0.4, 0.5) is 10.8 Å². The average Bonchev–Trinajstić information content (AvgIpc) is 2.79. The van der Waals surface area contributed by atoms with E-state index in [0.29, 0.717) is 11.9 Å². The maximum Gasteiger partial charge on any atom is 0.198 e. The van der Waals surface area contributed by atoms with Crippen LogP contribution in [0.2, 0.25) is 0 Å². The molecule has 0 radical (unpaired) electrons. The SMILES string of the molecule is CC(C)Oc1c(N)nsc1N1CCC[C@H]2CCCC[C@H]21. The zero-order chi connectivity index (χ0) is 14.1.